The molecule has 5 nitrogen and oxygen atoms in total. The SMILES string of the molecule is CCNC(=NCCN(C)CCCOC)NCCc1ccccc1Cl.I. The van der Waals surface area contributed by atoms with Gasteiger partial charge in [-0.1, -0.05) is 29.8 Å². The molecule has 0 spiro atoms. The third-order valence-electron chi connectivity index (χ3n) is 3.63. The summed E-state index contributed by atoms with van der Waals surface area (Å²) in [6.45, 7) is 7.26. The van der Waals surface area contributed by atoms with Gasteiger partial charge in [0.25, 0.3) is 0 Å². The van der Waals surface area contributed by atoms with E-state index < -0.39 is 0 Å². The predicted molar refractivity (Wildman–Crippen MR) is 119 cm³/mol. The summed E-state index contributed by atoms with van der Waals surface area (Å²) in [5, 5.41) is 7.46. The maximum absolute atomic E-state index is 6.18. The van der Waals surface area contributed by atoms with E-state index in [0.717, 1.165) is 68.7 Å². The second-order valence-corrected chi connectivity index (χ2v) is 6.09. The Morgan fingerprint density at radius 3 is 2.68 bits per heavy atom. The largest absolute Gasteiger partial charge is 0.385 e. The molecule has 2 N–H and O–H groups in total. The van der Waals surface area contributed by atoms with E-state index in [-0.39, 0.29) is 24.0 Å². The molecule has 0 fully saturated rings. The molecule has 0 heterocycles. The molecular formula is C18H32ClIN4O. The third kappa shape index (κ3) is 11.6. The van der Waals surface area contributed by atoms with Gasteiger partial charge in [0.2, 0.25) is 0 Å². The molecule has 0 unspecified atom stereocenters. The first-order chi connectivity index (χ1) is 11.7. The molecule has 144 valence electrons. The first-order valence-electron chi connectivity index (χ1n) is 8.60. The summed E-state index contributed by atoms with van der Waals surface area (Å²) in [6.07, 6.45) is 1.92. The molecule has 0 atom stereocenters. The molecule has 7 heteroatoms. The smallest absolute Gasteiger partial charge is 0.191 e. The van der Waals surface area contributed by atoms with Crippen LogP contribution in [0.25, 0.3) is 0 Å². The average Bonchev–Trinajstić information content (AvgIpc) is 2.57. The number of nitrogens with zero attached hydrogens (tertiary/aromatic N) is 2. The van der Waals surface area contributed by atoms with Crippen molar-refractivity contribution in [3.8, 4) is 0 Å². The Morgan fingerprint density at radius 2 is 2.00 bits per heavy atom. The Labute approximate surface area is 174 Å². The lowest BCUT2D eigenvalue weighted by atomic mass is 10.1. The van der Waals surface area contributed by atoms with Crippen LogP contribution in [0.4, 0.5) is 0 Å². The van der Waals surface area contributed by atoms with Crippen molar-refractivity contribution in [3.63, 3.8) is 0 Å². The highest BCUT2D eigenvalue weighted by atomic mass is 127. The molecule has 0 saturated heterocycles. The fourth-order valence-electron chi connectivity index (χ4n) is 2.28. The van der Waals surface area contributed by atoms with Gasteiger partial charge in [0.1, 0.15) is 0 Å². The molecule has 1 aromatic rings. The number of rotatable bonds is 11. The molecule has 25 heavy (non-hydrogen) atoms. The van der Waals surface area contributed by atoms with Crippen molar-refractivity contribution in [3.05, 3.63) is 34.9 Å². The van der Waals surface area contributed by atoms with Crippen LogP contribution >= 0.6 is 35.6 Å². The molecule has 1 aromatic carbocycles. The van der Waals surface area contributed by atoms with E-state index in [1.807, 2.05) is 18.2 Å². The summed E-state index contributed by atoms with van der Waals surface area (Å²) in [5.74, 6) is 0.856. The van der Waals surface area contributed by atoms with Crippen LogP contribution in [0.2, 0.25) is 5.02 Å². The molecular weight excluding hydrogens is 451 g/mol. The standard InChI is InChI=1S/C18H31ClN4O.HI/c1-4-20-18(22-12-14-23(2)13-7-15-24-3)21-11-10-16-8-5-6-9-17(16)19;/h5-6,8-9H,4,7,10-15H2,1-3H3,(H2,20,21,22);1H. The fraction of sp³-hybridized carbons (Fsp3) is 0.611. The zero-order valence-electron chi connectivity index (χ0n) is 15.6. The summed E-state index contributed by atoms with van der Waals surface area (Å²) in [4.78, 5) is 6.90. The molecule has 0 amide bonds. The lowest BCUT2D eigenvalue weighted by Crippen LogP contribution is -2.39. The van der Waals surface area contributed by atoms with Crippen LogP contribution in [0.1, 0.15) is 18.9 Å². The van der Waals surface area contributed by atoms with E-state index in [0.29, 0.717) is 0 Å². The topological polar surface area (TPSA) is 48.9 Å². The van der Waals surface area contributed by atoms with E-state index in [1.54, 1.807) is 7.11 Å². The van der Waals surface area contributed by atoms with Gasteiger partial charge in [-0.2, -0.15) is 0 Å². The summed E-state index contributed by atoms with van der Waals surface area (Å²) in [6, 6.07) is 7.95. The van der Waals surface area contributed by atoms with Crippen molar-refractivity contribution in [1.82, 2.24) is 15.5 Å². The molecule has 0 radical (unpaired) electrons. The number of ether oxygens (including phenoxy) is 1. The normalized spacial score (nSPS) is 11.3. The minimum absolute atomic E-state index is 0. The molecule has 0 aliphatic carbocycles. The maximum atomic E-state index is 6.18. The first-order valence-corrected chi connectivity index (χ1v) is 8.98. The van der Waals surface area contributed by atoms with E-state index in [9.17, 15) is 0 Å². The van der Waals surface area contributed by atoms with E-state index >= 15 is 0 Å². The average molecular weight is 483 g/mol. The Balaban J connectivity index is 0.00000576. The van der Waals surface area contributed by atoms with Crippen LogP contribution in [-0.4, -0.2) is 64.3 Å². The minimum Gasteiger partial charge on any atom is -0.385 e. The van der Waals surface area contributed by atoms with Gasteiger partial charge in [0, 0.05) is 44.9 Å². The van der Waals surface area contributed by atoms with Crippen molar-refractivity contribution >= 4 is 41.5 Å². The number of aliphatic imine (C=N–C) groups is 1. The van der Waals surface area contributed by atoms with Gasteiger partial charge in [-0.05, 0) is 38.4 Å². The Morgan fingerprint density at radius 1 is 1.24 bits per heavy atom. The molecule has 0 aliphatic rings. The molecule has 1 rings (SSSR count). The maximum Gasteiger partial charge on any atom is 0.191 e. The second-order valence-electron chi connectivity index (χ2n) is 5.68. The number of benzene rings is 1. The van der Waals surface area contributed by atoms with Crippen molar-refractivity contribution in [1.29, 1.82) is 0 Å². The summed E-state index contributed by atoms with van der Waals surface area (Å²) < 4.78 is 5.07. The van der Waals surface area contributed by atoms with Gasteiger partial charge >= 0.3 is 0 Å². The van der Waals surface area contributed by atoms with E-state index in [1.165, 1.54) is 0 Å². The molecule has 0 aromatic heterocycles. The lowest BCUT2D eigenvalue weighted by Gasteiger charge is -2.16. The van der Waals surface area contributed by atoms with Gasteiger partial charge in [-0.25, -0.2) is 0 Å². The Kier molecular flexibility index (Phi) is 15.3. The highest BCUT2D eigenvalue weighted by molar-refractivity contribution is 14.0. The number of hydrogen-bond acceptors (Lipinski definition) is 3. The van der Waals surface area contributed by atoms with Crippen LogP contribution in [0, 0.1) is 0 Å². The zero-order valence-corrected chi connectivity index (χ0v) is 18.6. The first kappa shape index (κ1) is 24.4. The van der Waals surface area contributed by atoms with Crippen LogP contribution in [0.5, 0.6) is 0 Å². The summed E-state index contributed by atoms with van der Waals surface area (Å²) in [7, 11) is 3.85. The summed E-state index contributed by atoms with van der Waals surface area (Å²) in [5.41, 5.74) is 1.15. The van der Waals surface area contributed by atoms with Crippen LogP contribution in [-0.2, 0) is 11.2 Å². The number of guanidine groups is 1. The number of likely N-dealkylation sites (N-methyl/N-ethyl adjacent to an activating group) is 1. The number of methoxy groups -OCH3 is 1. The van der Waals surface area contributed by atoms with Gasteiger partial charge in [0.15, 0.2) is 5.96 Å². The lowest BCUT2D eigenvalue weighted by molar-refractivity contribution is 0.180. The second kappa shape index (κ2) is 15.7. The Bertz CT molecular complexity index is 488. The van der Waals surface area contributed by atoms with E-state index in [4.69, 9.17) is 16.3 Å². The highest BCUT2D eigenvalue weighted by Gasteiger charge is 2.02. The highest BCUT2D eigenvalue weighted by Crippen LogP contribution is 2.14. The molecule has 0 saturated carbocycles. The van der Waals surface area contributed by atoms with Crippen molar-refractivity contribution in [2.24, 2.45) is 4.99 Å². The summed E-state index contributed by atoms with van der Waals surface area (Å²) >= 11 is 6.18. The van der Waals surface area contributed by atoms with Gasteiger partial charge in [-0.15, -0.1) is 24.0 Å². The Hall–Kier alpha value is -0.570. The quantitative estimate of drug-likeness (QED) is 0.220. The molecule has 0 aliphatic heterocycles. The van der Waals surface area contributed by atoms with Crippen molar-refractivity contribution in [2.75, 3.05) is 53.5 Å². The number of nitrogens with one attached hydrogen (secondary N) is 2. The fourth-order valence-corrected chi connectivity index (χ4v) is 2.51. The van der Waals surface area contributed by atoms with Gasteiger partial charge in [0.05, 0.1) is 6.54 Å². The van der Waals surface area contributed by atoms with Crippen molar-refractivity contribution in [2.45, 2.75) is 19.8 Å². The zero-order chi connectivity index (χ0) is 17.6. The number of halogens is 2. The van der Waals surface area contributed by atoms with Gasteiger partial charge in [-0.3, -0.25) is 4.99 Å². The van der Waals surface area contributed by atoms with Crippen LogP contribution < -0.4 is 10.6 Å². The monoisotopic (exact) mass is 482 g/mol. The van der Waals surface area contributed by atoms with Crippen molar-refractivity contribution < 1.29 is 4.74 Å². The van der Waals surface area contributed by atoms with Crippen LogP contribution in [0.15, 0.2) is 29.3 Å². The van der Waals surface area contributed by atoms with E-state index in [2.05, 4.69) is 40.6 Å². The van der Waals surface area contributed by atoms with Gasteiger partial charge < -0.3 is 20.3 Å². The molecule has 0 bridgehead atoms. The minimum atomic E-state index is 0. The number of hydrogen-bond donors (Lipinski definition) is 2. The van der Waals surface area contributed by atoms with Crippen LogP contribution in [0.3, 0.4) is 0 Å². The third-order valence-corrected chi connectivity index (χ3v) is 4.00. The predicted octanol–water partition coefficient (Wildman–Crippen LogP) is 3.02.